The van der Waals surface area contributed by atoms with E-state index >= 15 is 0 Å². The molecule has 1 heterocycles. The Morgan fingerprint density at radius 2 is 2.50 bits per heavy atom. The van der Waals surface area contributed by atoms with Crippen molar-refractivity contribution in [2.45, 2.75) is 44.3 Å². The first-order chi connectivity index (χ1) is 5.71. The van der Waals surface area contributed by atoms with E-state index in [-0.39, 0.29) is 11.4 Å². The minimum Gasteiger partial charge on any atom is -0.366 e. The molecule has 0 spiro atoms. The molecule has 0 amide bonds. The molecule has 0 aromatic carbocycles. The highest BCUT2D eigenvalue weighted by Gasteiger charge is 2.50. The Hall–Kier alpha value is -0.630. The van der Waals surface area contributed by atoms with E-state index in [0.29, 0.717) is 12.5 Å². The first-order valence-corrected chi connectivity index (χ1v) is 4.58. The van der Waals surface area contributed by atoms with Crippen molar-refractivity contribution in [2.75, 3.05) is 0 Å². The normalized spacial score (nSPS) is 43.8. The largest absolute Gasteiger partial charge is 0.366 e. The van der Waals surface area contributed by atoms with Crippen molar-refractivity contribution in [3.8, 4) is 0 Å². The van der Waals surface area contributed by atoms with Gasteiger partial charge in [-0.05, 0) is 32.3 Å². The molecule has 0 N–H and O–H groups in total. The van der Waals surface area contributed by atoms with Crippen LogP contribution in [0.2, 0.25) is 0 Å². The predicted molar refractivity (Wildman–Crippen MR) is 45.9 cm³/mol. The fourth-order valence-electron chi connectivity index (χ4n) is 1.82. The van der Waals surface area contributed by atoms with Crippen LogP contribution in [0.25, 0.3) is 0 Å². The third-order valence-corrected chi connectivity index (χ3v) is 2.80. The molecule has 1 aliphatic carbocycles. The van der Waals surface area contributed by atoms with Gasteiger partial charge in [0.05, 0.1) is 11.7 Å². The third-order valence-electron chi connectivity index (χ3n) is 2.80. The molecule has 2 unspecified atom stereocenters. The summed E-state index contributed by atoms with van der Waals surface area (Å²) in [5.74, 6) is 0.245. The molecule has 0 bridgehead atoms. The molecule has 1 aliphatic heterocycles. The van der Waals surface area contributed by atoms with Gasteiger partial charge < -0.3 is 4.74 Å². The highest BCUT2D eigenvalue weighted by molar-refractivity contribution is 5.89. The molecule has 2 heteroatoms. The third kappa shape index (κ3) is 1.44. The maximum atomic E-state index is 11.1. The summed E-state index contributed by atoms with van der Waals surface area (Å²) in [6, 6.07) is 0. The molecule has 2 aliphatic rings. The average molecular weight is 166 g/mol. The summed E-state index contributed by atoms with van der Waals surface area (Å²) < 4.78 is 5.54. The smallest absolute Gasteiger partial charge is 0.155 e. The Balaban J connectivity index is 2.02. The van der Waals surface area contributed by atoms with E-state index < -0.39 is 0 Å². The van der Waals surface area contributed by atoms with Gasteiger partial charge in [0.15, 0.2) is 5.78 Å². The number of carbonyl (C=O) groups excluding carboxylic acids is 1. The predicted octanol–water partition coefficient (Wildman–Crippen LogP) is 1.84. The van der Waals surface area contributed by atoms with E-state index in [4.69, 9.17) is 4.74 Å². The zero-order valence-corrected chi connectivity index (χ0v) is 7.38. The van der Waals surface area contributed by atoms with Crippen molar-refractivity contribution in [2.24, 2.45) is 0 Å². The van der Waals surface area contributed by atoms with Gasteiger partial charge in [0, 0.05) is 6.42 Å². The maximum Gasteiger partial charge on any atom is 0.155 e. The molecular formula is C10H14O2. The van der Waals surface area contributed by atoms with Gasteiger partial charge in [-0.2, -0.15) is 0 Å². The highest BCUT2D eigenvalue weighted by Crippen LogP contribution is 2.43. The van der Waals surface area contributed by atoms with Crippen molar-refractivity contribution in [3.05, 3.63) is 12.2 Å². The van der Waals surface area contributed by atoms with Crippen LogP contribution < -0.4 is 0 Å². The van der Waals surface area contributed by atoms with Crippen LogP contribution in [0.3, 0.4) is 0 Å². The lowest BCUT2D eigenvalue weighted by Crippen LogP contribution is -2.09. The summed E-state index contributed by atoms with van der Waals surface area (Å²) >= 11 is 0. The summed E-state index contributed by atoms with van der Waals surface area (Å²) in [5.41, 5.74) is 0.0922. The fraction of sp³-hybridized carbons (Fsp3) is 0.700. The number of allylic oxidation sites excluding steroid dienone is 2. The number of fused-ring (bicyclic) bond motifs is 1. The van der Waals surface area contributed by atoms with Crippen molar-refractivity contribution in [1.82, 2.24) is 0 Å². The lowest BCUT2D eigenvalue weighted by molar-refractivity contribution is -0.114. The molecule has 1 saturated heterocycles. The second-order valence-corrected chi connectivity index (χ2v) is 3.87. The zero-order valence-electron chi connectivity index (χ0n) is 7.38. The summed E-state index contributed by atoms with van der Waals surface area (Å²) in [7, 11) is 0. The summed E-state index contributed by atoms with van der Waals surface area (Å²) in [4.78, 5) is 11.1. The molecule has 66 valence electrons. The van der Waals surface area contributed by atoms with E-state index in [1.54, 1.807) is 6.08 Å². The molecule has 1 fully saturated rings. The molecule has 0 radical (unpaired) electrons. The topological polar surface area (TPSA) is 29.6 Å². The van der Waals surface area contributed by atoms with Crippen LogP contribution in [0, 0.1) is 0 Å². The lowest BCUT2D eigenvalue weighted by Gasteiger charge is -2.01. The van der Waals surface area contributed by atoms with Crippen LogP contribution in [-0.2, 0) is 9.53 Å². The molecule has 0 aromatic rings. The van der Waals surface area contributed by atoms with Crippen LogP contribution in [-0.4, -0.2) is 17.5 Å². The van der Waals surface area contributed by atoms with Gasteiger partial charge in [0.2, 0.25) is 0 Å². The van der Waals surface area contributed by atoms with Gasteiger partial charge in [-0.1, -0.05) is 6.08 Å². The van der Waals surface area contributed by atoms with Crippen molar-refractivity contribution in [1.29, 1.82) is 0 Å². The van der Waals surface area contributed by atoms with Crippen LogP contribution in [0.5, 0.6) is 0 Å². The molecule has 2 rings (SSSR count). The van der Waals surface area contributed by atoms with Crippen molar-refractivity contribution < 1.29 is 9.53 Å². The van der Waals surface area contributed by atoms with Gasteiger partial charge in [0.25, 0.3) is 0 Å². The second-order valence-electron chi connectivity index (χ2n) is 3.87. The Labute approximate surface area is 72.6 Å². The van der Waals surface area contributed by atoms with E-state index in [1.807, 2.05) is 6.08 Å². The van der Waals surface area contributed by atoms with Crippen LogP contribution in [0.15, 0.2) is 12.2 Å². The Bertz CT molecular complexity index is 232. The molecule has 12 heavy (non-hydrogen) atoms. The number of carbonyl (C=O) groups is 1. The van der Waals surface area contributed by atoms with Gasteiger partial charge in [-0.15, -0.1) is 0 Å². The summed E-state index contributed by atoms with van der Waals surface area (Å²) in [6.45, 7) is 2.14. The number of hydrogen-bond donors (Lipinski definition) is 0. The van der Waals surface area contributed by atoms with Gasteiger partial charge in [-0.3, -0.25) is 4.79 Å². The minimum absolute atomic E-state index is 0.0922. The van der Waals surface area contributed by atoms with Crippen LogP contribution >= 0.6 is 0 Å². The number of rotatable bonds is 0. The van der Waals surface area contributed by atoms with Crippen LogP contribution in [0.1, 0.15) is 32.6 Å². The van der Waals surface area contributed by atoms with Gasteiger partial charge >= 0.3 is 0 Å². The number of hydrogen-bond acceptors (Lipinski definition) is 2. The first-order valence-electron chi connectivity index (χ1n) is 4.58. The van der Waals surface area contributed by atoms with E-state index in [1.165, 1.54) is 0 Å². The summed E-state index contributed by atoms with van der Waals surface area (Å²) in [5, 5.41) is 0. The Kier molecular flexibility index (Phi) is 1.80. The first kappa shape index (κ1) is 7.99. The highest BCUT2D eigenvalue weighted by atomic mass is 16.6. The maximum absolute atomic E-state index is 11.1. The van der Waals surface area contributed by atoms with E-state index in [2.05, 4.69) is 6.92 Å². The van der Waals surface area contributed by atoms with Gasteiger partial charge in [0.1, 0.15) is 0 Å². The van der Waals surface area contributed by atoms with Crippen molar-refractivity contribution in [3.63, 3.8) is 0 Å². The Morgan fingerprint density at radius 3 is 3.33 bits per heavy atom. The monoisotopic (exact) mass is 166 g/mol. The molecular weight excluding hydrogens is 152 g/mol. The average Bonchev–Trinajstić information content (AvgIpc) is 2.67. The lowest BCUT2D eigenvalue weighted by atomic mass is 9.99. The zero-order chi connectivity index (χ0) is 8.60. The minimum atomic E-state index is 0.0922. The van der Waals surface area contributed by atoms with E-state index in [9.17, 15) is 4.79 Å². The van der Waals surface area contributed by atoms with Crippen LogP contribution in [0.4, 0.5) is 0 Å². The number of ether oxygens (including phenoxy) is 1. The molecule has 0 aromatic heterocycles. The molecule has 2 atom stereocenters. The number of ketones is 1. The second kappa shape index (κ2) is 2.70. The molecule has 2 nitrogen and oxygen atoms in total. The molecule has 0 saturated carbocycles. The van der Waals surface area contributed by atoms with Crippen molar-refractivity contribution >= 4 is 5.78 Å². The van der Waals surface area contributed by atoms with Gasteiger partial charge in [-0.25, -0.2) is 0 Å². The van der Waals surface area contributed by atoms with E-state index in [0.717, 1.165) is 19.3 Å². The Morgan fingerprint density at radius 1 is 1.67 bits per heavy atom. The standard InChI is InChI=1S/C10H14O2/c1-10-7-3-2-4-8(11)5-6-9(10)12-10/h2,4,9H,3,5-7H2,1H3/b4-2-. The quantitative estimate of drug-likeness (QED) is 0.514. The fourth-order valence-corrected chi connectivity index (χ4v) is 1.82. The SMILES string of the molecule is CC12CC/C=C\C(=O)CCC1O2. The number of epoxide rings is 1. The summed E-state index contributed by atoms with van der Waals surface area (Å²) in [6.07, 6.45) is 7.61.